The minimum Gasteiger partial charge on any atom is -0.490 e. The van der Waals surface area contributed by atoms with Crippen molar-refractivity contribution in [2.24, 2.45) is 0 Å². The number of ketones is 1. The summed E-state index contributed by atoms with van der Waals surface area (Å²) in [4.78, 5) is 11.3. The minimum absolute atomic E-state index is 0.0498. The second kappa shape index (κ2) is 5.90. The number of Topliss-reactive ketones (excluding diaryl/α,β-unsaturated/α-hetero) is 1. The molecular formula is C13H17ClO2. The van der Waals surface area contributed by atoms with Gasteiger partial charge in [0.05, 0.1) is 16.7 Å². The zero-order chi connectivity index (χ0) is 12.1. The fourth-order valence-electron chi connectivity index (χ4n) is 1.31. The summed E-state index contributed by atoms with van der Waals surface area (Å²) in [5.74, 6) is 0.568. The lowest BCUT2D eigenvalue weighted by atomic mass is 10.1. The number of rotatable bonds is 3. The minimum atomic E-state index is -0.0498. The first-order valence-corrected chi connectivity index (χ1v) is 6.02. The van der Waals surface area contributed by atoms with Crippen LogP contribution in [0.15, 0.2) is 18.2 Å². The normalized spacial score (nSPS) is 13.8. The van der Waals surface area contributed by atoms with Crippen LogP contribution in [0.1, 0.15) is 44.0 Å². The average molecular weight is 241 g/mol. The van der Waals surface area contributed by atoms with Crippen molar-refractivity contribution in [3.05, 3.63) is 28.8 Å². The van der Waals surface area contributed by atoms with Crippen molar-refractivity contribution in [1.82, 2.24) is 0 Å². The molecular weight excluding hydrogens is 224 g/mol. The molecule has 3 heteroatoms. The maximum Gasteiger partial charge on any atom is 0.165 e. The van der Waals surface area contributed by atoms with Gasteiger partial charge >= 0.3 is 0 Å². The Morgan fingerprint density at radius 2 is 2.00 bits per heavy atom. The summed E-state index contributed by atoms with van der Waals surface area (Å²) in [5, 5.41) is 0.468. The Morgan fingerprint density at radius 1 is 1.38 bits per heavy atom. The maximum absolute atomic E-state index is 11.3. The zero-order valence-corrected chi connectivity index (χ0v) is 10.7. The second-order valence-corrected chi connectivity index (χ2v) is 3.89. The largest absolute Gasteiger partial charge is 0.490 e. The van der Waals surface area contributed by atoms with Crippen molar-refractivity contribution in [2.45, 2.75) is 39.7 Å². The molecule has 1 aliphatic carbocycles. The molecule has 16 heavy (non-hydrogen) atoms. The van der Waals surface area contributed by atoms with E-state index >= 15 is 0 Å². The van der Waals surface area contributed by atoms with Crippen molar-refractivity contribution < 1.29 is 9.53 Å². The number of benzene rings is 1. The van der Waals surface area contributed by atoms with Crippen LogP contribution in [0, 0.1) is 0 Å². The third-order valence-corrected chi connectivity index (χ3v) is 2.46. The van der Waals surface area contributed by atoms with Crippen molar-refractivity contribution >= 4 is 17.4 Å². The van der Waals surface area contributed by atoms with Crippen LogP contribution in [-0.2, 0) is 0 Å². The monoisotopic (exact) mass is 240 g/mol. The van der Waals surface area contributed by atoms with E-state index < -0.39 is 0 Å². The van der Waals surface area contributed by atoms with E-state index in [1.54, 1.807) is 18.2 Å². The number of carbonyl (C=O) groups is 1. The highest BCUT2D eigenvalue weighted by Crippen LogP contribution is 2.32. The van der Waals surface area contributed by atoms with Gasteiger partial charge in [-0.15, -0.1) is 0 Å². The average Bonchev–Trinajstić information content (AvgIpc) is 3.04. The highest BCUT2D eigenvalue weighted by atomic mass is 35.5. The standard InChI is InChI=1S/C11H11ClO2.C2H6/c1-7(13)11-9(12)3-2-4-10(11)14-8-5-6-8;1-2/h2-4,8H,5-6H2,1H3;1-2H3. The van der Waals surface area contributed by atoms with Crippen molar-refractivity contribution in [1.29, 1.82) is 0 Å². The van der Waals surface area contributed by atoms with Gasteiger partial charge in [-0.3, -0.25) is 4.79 Å². The topological polar surface area (TPSA) is 26.3 Å². The fraction of sp³-hybridized carbons (Fsp3) is 0.462. The van der Waals surface area contributed by atoms with Gasteiger partial charge in [-0.25, -0.2) is 0 Å². The molecule has 2 nitrogen and oxygen atoms in total. The first kappa shape index (κ1) is 13.0. The number of hydrogen-bond acceptors (Lipinski definition) is 2. The van der Waals surface area contributed by atoms with Gasteiger partial charge in [0.25, 0.3) is 0 Å². The summed E-state index contributed by atoms with van der Waals surface area (Å²) in [5.41, 5.74) is 0.501. The predicted molar refractivity (Wildman–Crippen MR) is 66.5 cm³/mol. The quantitative estimate of drug-likeness (QED) is 0.744. The Labute approximate surface area is 102 Å². The van der Waals surface area contributed by atoms with Crippen molar-refractivity contribution in [3.8, 4) is 5.75 Å². The molecule has 1 aromatic carbocycles. The number of hydrogen-bond donors (Lipinski definition) is 0. The van der Waals surface area contributed by atoms with E-state index in [2.05, 4.69) is 0 Å². The van der Waals surface area contributed by atoms with Gasteiger partial charge in [0.15, 0.2) is 5.78 Å². The highest BCUT2D eigenvalue weighted by Gasteiger charge is 2.25. The molecule has 0 aliphatic heterocycles. The molecule has 0 saturated heterocycles. The van der Waals surface area contributed by atoms with E-state index in [0.717, 1.165) is 12.8 Å². The Morgan fingerprint density at radius 3 is 2.50 bits per heavy atom. The summed E-state index contributed by atoms with van der Waals surface area (Å²) in [6.07, 6.45) is 2.43. The number of carbonyl (C=O) groups excluding carboxylic acids is 1. The van der Waals surface area contributed by atoms with Crippen LogP contribution in [0.3, 0.4) is 0 Å². The summed E-state index contributed by atoms with van der Waals surface area (Å²) < 4.78 is 5.59. The van der Waals surface area contributed by atoms with Crippen molar-refractivity contribution in [2.75, 3.05) is 0 Å². The van der Waals surface area contributed by atoms with E-state index in [4.69, 9.17) is 16.3 Å². The Hall–Kier alpha value is -1.02. The highest BCUT2D eigenvalue weighted by molar-refractivity contribution is 6.34. The van der Waals surface area contributed by atoms with Crippen LogP contribution in [0.25, 0.3) is 0 Å². The lowest BCUT2D eigenvalue weighted by Gasteiger charge is -2.09. The summed E-state index contributed by atoms with van der Waals surface area (Å²) in [6.45, 7) is 5.50. The maximum atomic E-state index is 11.3. The summed E-state index contributed by atoms with van der Waals surface area (Å²) in [7, 11) is 0. The van der Waals surface area contributed by atoms with Crippen LogP contribution < -0.4 is 4.74 Å². The molecule has 0 spiro atoms. The molecule has 0 radical (unpaired) electrons. The molecule has 1 fully saturated rings. The van der Waals surface area contributed by atoms with Gasteiger partial charge in [-0.05, 0) is 31.9 Å². The van der Waals surface area contributed by atoms with Crippen LogP contribution >= 0.6 is 11.6 Å². The van der Waals surface area contributed by atoms with Gasteiger partial charge in [0, 0.05) is 0 Å². The van der Waals surface area contributed by atoms with E-state index in [-0.39, 0.29) is 11.9 Å². The fourth-order valence-corrected chi connectivity index (χ4v) is 1.61. The van der Waals surface area contributed by atoms with Gasteiger partial charge in [-0.2, -0.15) is 0 Å². The lowest BCUT2D eigenvalue weighted by molar-refractivity contribution is 0.101. The molecule has 0 heterocycles. The van der Waals surface area contributed by atoms with E-state index in [9.17, 15) is 4.79 Å². The summed E-state index contributed by atoms with van der Waals surface area (Å²) in [6, 6.07) is 5.30. The zero-order valence-electron chi connectivity index (χ0n) is 9.92. The molecule has 88 valence electrons. The van der Waals surface area contributed by atoms with E-state index in [0.29, 0.717) is 16.3 Å². The molecule has 0 unspecified atom stereocenters. The first-order chi connectivity index (χ1) is 7.68. The van der Waals surface area contributed by atoms with E-state index in [1.165, 1.54) is 6.92 Å². The van der Waals surface area contributed by atoms with Crippen LogP contribution in [0.4, 0.5) is 0 Å². The van der Waals surface area contributed by atoms with Gasteiger partial charge in [-0.1, -0.05) is 31.5 Å². The Bertz CT molecular complexity index is 370. The Balaban J connectivity index is 0.000000606. The molecule has 0 aromatic heterocycles. The smallest absolute Gasteiger partial charge is 0.165 e. The SMILES string of the molecule is CC.CC(=O)c1c(Cl)cccc1OC1CC1. The third-order valence-electron chi connectivity index (χ3n) is 2.15. The summed E-state index contributed by atoms with van der Waals surface area (Å²) >= 11 is 5.93. The van der Waals surface area contributed by atoms with Crippen LogP contribution in [0.2, 0.25) is 5.02 Å². The third kappa shape index (κ3) is 3.24. The molecule has 2 rings (SSSR count). The second-order valence-electron chi connectivity index (χ2n) is 3.49. The molecule has 0 bridgehead atoms. The Kier molecular flexibility index (Phi) is 4.81. The van der Waals surface area contributed by atoms with Crippen LogP contribution in [0.5, 0.6) is 5.75 Å². The van der Waals surface area contributed by atoms with Gasteiger partial charge in [0.1, 0.15) is 5.75 Å². The molecule has 1 saturated carbocycles. The molecule has 1 aromatic rings. The number of halogens is 1. The first-order valence-electron chi connectivity index (χ1n) is 5.64. The molecule has 1 aliphatic rings. The van der Waals surface area contributed by atoms with Crippen molar-refractivity contribution in [3.63, 3.8) is 0 Å². The molecule has 0 amide bonds. The van der Waals surface area contributed by atoms with Gasteiger partial charge in [0.2, 0.25) is 0 Å². The van der Waals surface area contributed by atoms with Gasteiger partial charge < -0.3 is 4.74 Å². The number of ether oxygens (including phenoxy) is 1. The molecule has 0 atom stereocenters. The molecule has 0 N–H and O–H groups in total. The predicted octanol–water partition coefficient (Wildman–Crippen LogP) is 4.11. The van der Waals surface area contributed by atoms with Crippen LogP contribution in [-0.4, -0.2) is 11.9 Å². The lowest BCUT2D eigenvalue weighted by Crippen LogP contribution is -2.03. The van der Waals surface area contributed by atoms with E-state index in [1.807, 2.05) is 13.8 Å².